The van der Waals surface area contributed by atoms with Crippen molar-refractivity contribution in [3.63, 3.8) is 0 Å². The monoisotopic (exact) mass is 264 g/mol. The fourth-order valence-electron chi connectivity index (χ4n) is 2.53. The first-order valence-electron chi connectivity index (χ1n) is 6.80. The third-order valence-electron chi connectivity index (χ3n) is 3.56. The SMILES string of the molecule is O=C1CC(c2ccccc2)C(/C=C/c2ccccc2)O1. The molecule has 100 valence electrons. The molecule has 2 unspecified atom stereocenters. The molecule has 0 spiro atoms. The van der Waals surface area contributed by atoms with Crippen LogP contribution in [-0.2, 0) is 9.53 Å². The highest BCUT2D eigenvalue weighted by Crippen LogP contribution is 2.33. The average Bonchev–Trinajstić information content (AvgIpc) is 2.88. The van der Waals surface area contributed by atoms with Gasteiger partial charge in [-0.2, -0.15) is 0 Å². The number of rotatable bonds is 3. The van der Waals surface area contributed by atoms with Crippen molar-refractivity contribution >= 4 is 12.0 Å². The van der Waals surface area contributed by atoms with E-state index in [2.05, 4.69) is 12.1 Å². The van der Waals surface area contributed by atoms with Crippen molar-refractivity contribution in [1.82, 2.24) is 0 Å². The molecule has 2 aromatic rings. The van der Waals surface area contributed by atoms with E-state index in [0.717, 1.165) is 11.1 Å². The Bertz CT molecular complexity index is 602. The van der Waals surface area contributed by atoms with Gasteiger partial charge in [0.05, 0.1) is 6.42 Å². The van der Waals surface area contributed by atoms with Crippen LogP contribution in [0.15, 0.2) is 66.7 Å². The number of benzene rings is 2. The number of carbonyl (C=O) groups excluding carboxylic acids is 1. The summed E-state index contributed by atoms with van der Waals surface area (Å²) in [7, 11) is 0. The van der Waals surface area contributed by atoms with Crippen LogP contribution in [0.3, 0.4) is 0 Å². The Hall–Kier alpha value is -2.35. The lowest BCUT2D eigenvalue weighted by Gasteiger charge is -2.14. The molecule has 0 bridgehead atoms. The number of cyclic esters (lactones) is 1. The number of carbonyl (C=O) groups is 1. The molecule has 1 fully saturated rings. The molecule has 0 amide bonds. The molecule has 2 heteroatoms. The van der Waals surface area contributed by atoms with Crippen LogP contribution in [0.4, 0.5) is 0 Å². The van der Waals surface area contributed by atoms with E-state index in [-0.39, 0.29) is 18.0 Å². The largest absolute Gasteiger partial charge is 0.457 e. The van der Waals surface area contributed by atoms with E-state index >= 15 is 0 Å². The lowest BCUT2D eigenvalue weighted by molar-refractivity contribution is -0.139. The molecule has 0 N–H and O–H groups in total. The second-order valence-electron chi connectivity index (χ2n) is 4.95. The molecular formula is C18H16O2. The van der Waals surface area contributed by atoms with Gasteiger partial charge in [0.2, 0.25) is 0 Å². The molecule has 1 aliphatic rings. The predicted octanol–water partition coefficient (Wildman–Crippen LogP) is 3.80. The second kappa shape index (κ2) is 5.74. The van der Waals surface area contributed by atoms with E-state index in [1.165, 1.54) is 0 Å². The minimum Gasteiger partial charge on any atom is -0.457 e. The number of ether oxygens (including phenoxy) is 1. The molecule has 0 saturated carbocycles. The average molecular weight is 264 g/mol. The van der Waals surface area contributed by atoms with Gasteiger partial charge in [0.1, 0.15) is 6.10 Å². The molecule has 2 nitrogen and oxygen atoms in total. The Morgan fingerprint density at radius 2 is 1.60 bits per heavy atom. The first-order valence-corrected chi connectivity index (χ1v) is 6.80. The van der Waals surface area contributed by atoms with Crippen molar-refractivity contribution in [2.24, 2.45) is 0 Å². The molecule has 20 heavy (non-hydrogen) atoms. The summed E-state index contributed by atoms with van der Waals surface area (Å²) in [5, 5.41) is 0. The Labute approximate surface area is 118 Å². The topological polar surface area (TPSA) is 26.3 Å². The maximum atomic E-state index is 11.6. The van der Waals surface area contributed by atoms with E-state index in [1.807, 2.05) is 60.7 Å². The minimum atomic E-state index is -0.176. The molecule has 0 radical (unpaired) electrons. The van der Waals surface area contributed by atoms with Crippen LogP contribution in [0.25, 0.3) is 6.08 Å². The summed E-state index contributed by atoms with van der Waals surface area (Å²) >= 11 is 0. The van der Waals surface area contributed by atoms with Crippen molar-refractivity contribution in [2.45, 2.75) is 18.4 Å². The molecule has 0 aliphatic carbocycles. The van der Waals surface area contributed by atoms with Gasteiger partial charge >= 0.3 is 5.97 Å². The van der Waals surface area contributed by atoms with Gasteiger partial charge in [-0.1, -0.05) is 66.7 Å². The normalized spacial score (nSPS) is 22.1. The molecular weight excluding hydrogens is 248 g/mol. The summed E-state index contributed by atoms with van der Waals surface area (Å²) < 4.78 is 5.42. The first kappa shape index (κ1) is 12.7. The van der Waals surface area contributed by atoms with Crippen molar-refractivity contribution < 1.29 is 9.53 Å². The van der Waals surface area contributed by atoms with E-state index in [1.54, 1.807) is 0 Å². The molecule has 1 aliphatic heterocycles. The molecule has 2 atom stereocenters. The Morgan fingerprint density at radius 3 is 2.30 bits per heavy atom. The molecule has 1 saturated heterocycles. The summed E-state index contributed by atoms with van der Waals surface area (Å²) in [5.41, 5.74) is 2.27. The van der Waals surface area contributed by atoms with Crippen LogP contribution in [0.1, 0.15) is 23.5 Å². The van der Waals surface area contributed by atoms with Crippen molar-refractivity contribution in [3.8, 4) is 0 Å². The summed E-state index contributed by atoms with van der Waals surface area (Å²) in [6, 6.07) is 20.1. The second-order valence-corrected chi connectivity index (χ2v) is 4.95. The van der Waals surface area contributed by atoms with Crippen LogP contribution >= 0.6 is 0 Å². The van der Waals surface area contributed by atoms with Gasteiger partial charge in [-0.25, -0.2) is 0 Å². The van der Waals surface area contributed by atoms with Gasteiger partial charge in [-0.15, -0.1) is 0 Å². The minimum absolute atomic E-state index is 0.115. The van der Waals surface area contributed by atoms with Gasteiger partial charge in [-0.05, 0) is 17.2 Å². The van der Waals surface area contributed by atoms with Crippen LogP contribution in [0.2, 0.25) is 0 Å². The highest BCUT2D eigenvalue weighted by atomic mass is 16.5. The van der Waals surface area contributed by atoms with Gasteiger partial charge in [0, 0.05) is 5.92 Å². The van der Waals surface area contributed by atoms with E-state index in [9.17, 15) is 4.79 Å². The van der Waals surface area contributed by atoms with E-state index < -0.39 is 0 Å². The zero-order valence-electron chi connectivity index (χ0n) is 11.1. The molecule has 0 aromatic heterocycles. The first-order chi connectivity index (χ1) is 9.83. The summed E-state index contributed by atoms with van der Waals surface area (Å²) in [5.74, 6) is -0.00905. The molecule has 2 aromatic carbocycles. The Balaban J connectivity index is 1.81. The summed E-state index contributed by atoms with van der Waals surface area (Å²) in [6.07, 6.45) is 4.27. The summed E-state index contributed by atoms with van der Waals surface area (Å²) in [6.45, 7) is 0. The highest BCUT2D eigenvalue weighted by molar-refractivity contribution is 5.74. The quantitative estimate of drug-likeness (QED) is 0.788. The van der Waals surface area contributed by atoms with Gasteiger partial charge in [0.25, 0.3) is 0 Å². The zero-order chi connectivity index (χ0) is 13.8. The summed E-state index contributed by atoms with van der Waals surface area (Å²) in [4.78, 5) is 11.6. The number of hydrogen-bond donors (Lipinski definition) is 0. The van der Waals surface area contributed by atoms with Crippen LogP contribution in [0.5, 0.6) is 0 Å². The van der Waals surface area contributed by atoms with Gasteiger partial charge < -0.3 is 4.74 Å². The fraction of sp³-hybridized carbons (Fsp3) is 0.167. The van der Waals surface area contributed by atoms with Crippen LogP contribution < -0.4 is 0 Å². The zero-order valence-corrected chi connectivity index (χ0v) is 11.1. The van der Waals surface area contributed by atoms with Crippen LogP contribution in [0, 0.1) is 0 Å². The van der Waals surface area contributed by atoms with E-state index in [4.69, 9.17) is 4.74 Å². The van der Waals surface area contributed by atoms with Gasteiger partial charge in [0.15, 0.2) is 0 Å². The lowest BCUT2D eigenvalue weighted by atomic mass is 9.92. The number of hydrogen-bond acceptors (Lipinski definition) is 2. The van der Waals surface area contributed by atoms with Crippen molar-refractivity contribution in [3.05, 3.63) is 77.9 Å². The van der Waals surface area contributed by atoms with E-state index in [0.29, 0.717) is 6.42 Å². The molecule has 1 heterocycles. The maximum Gasteiger partial charge on any atom is 0.307 e. The number of esters is 1. The smallest absolute Gasteiger partial charge is 0.307 e. The van der Waals surface area contributed by atoms with Crippen LogP contribution in [-0.4, -0.2) is 12.1 Å². The van der Waals surface area contributed by atoms with Gasteiger partial charge in [-0.3, -0.25) is 4.79 Å². The Kier molecular flexibility index (Phi) is 3.64. The lowest BCUT2D eigenvalue weighted by Crippen LogP contribution is -2.11. The van der Waals surface area contributed by atoms with Crippen molar-refractivity contribution in [2.75, 3.05) is 0 Å². The Morgan fingerprint density at radius 1 is 0.950 bits per heavy atom. The standard InChI is InChI=1S/C18H16O2/c19-18-13-16(15-9-5-2-6-10-15)17(20-18)12-11-14-7-3-1-4-8-14/h1-12,16-17H,13H2/b12-11+. The predicted molar refractivity (Wildman–Crippen MR) is 79.2 cm³/mol. The molecule has 3 rings (SSSR count). The third kappa shape index (κ3) is 2.80. The fourth-order valence-corrected chi connectivity index (χ4v) is 2.53. The highest BCUT2D eigenvalue weighted by Gasteiger charge is 2.33. The third-order valence-corrected chi connectivity index (χ3v) is 3.56. The maximum absolute atomic E-state index is 11.6. The van der Waals surface area contributed by atoms with Crippen molar-refractivity contribution in [1.29, 1.82) is 0 Å².